The van der Waals surface area contributed by atoms with Crippen LogP contribution in [-0.2, 0) is 0 Å². The SMILES string of the molecule is C=Cc1ccccc1Oc1ccc(C(=C)c2ccc(Oc3ccccc3/C=C/C)cc2)cc1.CC. The van der Waals surface area contributed by atoms with E-state index in [1.165, 1.54) is 0 Å². The summed E-state index contributed by atoms with van der Waals surface area (Å²) in [4.78, 5) is 0. The highest BCUT2D eigenvalue weighted by atomic mass is 16.5. The van der Waals surface area contributed by atoms with Crippen molar-refractivity contribution in [2.45, 2.75) is 20.8 Å². The molecule has 2 nitrogen and oxygen atoms in total. The first-order chi connectivity index (χ1) is 17.2. The van der Waals surface area contributed by atoms with Gasteiger partial charge in [0.05, 0.1) is 0 Å². The average Bonchev–Trinajstić information content (AvgIpc) is 2.92. The molecule has 4 rings (SSSR count). The molecule has 0 aliphatic rings. The van der Waals surface area contributed by atoms with Gasteiger partial charge in [0.25, 0.3) is 0 Å². The maximum absolute atomic E-state index is 6.09. The molecule has 0 bridgehead atoms. The summed E-state index contributed by atoms with van der Waals surface area (Å²) in [6.45, 7) is 14.1. The molecule has 0 spiro atoms. The van der Waals surface area contributed by atoms with Crippen LogP contribution in [0.3, 0.4) is 0 Å². The van der Waals surface area contributed by atoms with Gasteiger partial charge in [0.15, 0.2) is 0 Å². The molecular formula is C33H32O2. The Kier molecular flexibility index (Phi) is 9.27. The molecule has 4 aromatic rings. The summed E-state index contributed by atoms with van der Waals surface area (Å²) < 4.78 is 12.1. The zero-order valence-electron chi connectivity index (χ0n) is 20.7. The Labute approximate surface area is 209 Å². The van der Waals surface area contributed by atoms with Crippen molar-refractivity contribution < 1.29 is 9.47 Å². The Hall–Kier alpha value is -4.30. The molecule has 0 aromatic heterocycles. The minimum atomic E-state index is 0.768. The summed E-state index contributed by atoms with van der Waals surface area (Å²) in [5.41, 5.74) is 5.02. The van der Waals surface area contributed by atoms with E-state index >= 15 is 0 Å². The molecule has 0 aliphatic carbocycles. The summed E-state index contributed by atoms with van der Waals surface area (Å²) >= 11 is 0. The molecular weight excluding hydrogens is 428 g/mol. The number of benzene rings is 4. The molecule has 0 amide bonds. The molecule has 0 heterocycles. The zero-order valence-corrected chi connectivity index (χ0v) is 20.7. The Bertz CT molecular complexity index is 1280. The van der Waals surface area contributed by atoms with Crippen LogP contribution in [0.25, 0.3) is 17.7 Å². The molecule has 176 valence electrons. The van der Waals surface area contributed by atoms with Crippen LogP contribution in [0.2, 0.25) is 0 Å². The third-order valence-electron chi connectivity index (χ3n) is 5.27. The maximum atomic E-state index is 6.09. The summed E-state index contributed by atoms with van der Waals surface area (Å²) in [6.07, 6.45) is 5.83. The van der Waals surface area contributed by atoms with Gasteiger partial charge in [-0.2, -0.15) is 0 Å². The first-order valence-corrected chi connectivity index (χ1v) is 11.9. The van der Waals surface area contributed by atoms with E-state index in [-0.39, 0.29) is 0 Å². The van der Waals surface area contributed by atoms with Crippen LogP contribution in [0.15, 0.2) is 116 Å². The van der Waals surface area contributed by atoms with Crippen LogP contribution in [-0.4, -0.2) is 0 Å². The molecule has 0 unspecified atom stereocenters. The molecule has 0 saturated carbocycles. The highest BCUT2D eigenvalue weighted by Crippen LogP contribution is 2.31. The Morgan fingerprint density at radius 1 is 0.629 bits per heavy atom. The molecule has 35 heavy (non-hydrogen) atoms. The van der Waals surface area contributed by atoms with Gasteiger partial charge in [-0.15, -0.1) is 0 Å². The smallest absolute Gasteiger partial charge is 0.134 e. The summed E-state index contributed by atoms with van der Waals surface area (Å²) in [7, 11) is 0. The number of para-hydroxylation sites is 2. The minimum absolute atomic E-state index is 0.768. The first-order valence-electron chi connectivity index (χ1n) is 11.9. The predicted molar refractivity (Wildman–Crippen MR) is 150 cm³/mol. The summed E-state index contributed by atoms with van der Waals surface area (Å²) in [5.74, 6) is 3.17. The molecule has 0 radical (unpaired) electrons. The van der Waals surface area contributed by atoms with Crippen LogP contribution in [0.1, 0.15) is 43.0 Å². The van der Waals surface area contributed by atoms with Crippen molar-refractivity contribution in [1.29, 1.82) is 0 Å². The van der Waals surface area contributed by atoms with Gasteiger partial charge in [-0.25, -0.2) is 0 Å². The van der Waals surface area contributed by atoms with Gasteiger partial charge in [0, 0.05) is 11.1 Å². The quantitative estimate of drug-likeness (QED) is 0.260. The van der Waals surface area contributed by atoms with Gasteiger partial charge in [-0.05, 0) is 60.0 Å². The molecule has 0 N–H and O–H groups in total. The second-order valence-corrected chi connectivity index (χ2v) is 7.51. The summed E-state index contributed by atoms with van der Waals surface area (Å²) in [5, 5.41) is 0. The fourth-order valence-electron chi connectivity index (χ4n) is 3.50. The van der Waals surface area contributed by atoms with Gasteiger partial charge in [0.2, 0.25) is 0 Å². The topological polar surface area (TPSA) is 18.5 Å². The van der Waals surface area contributed by atoms with Crippen molar-refractivity contribution in [2.75, 3.05) is 0 Å². The van der Waals surface area contributed by atoms with Crippen molar-refractivity contribution in [3.05, 3.63) is 139 Å². The normalized spacial score (nSPS) is 10.3. The third kappa shape index (κ3) is 6.61. The van der Waals surface area contributed by atoms with Crippen LogP contribution < -0.4 is 9.47 Å². The van der Waals surface area contributed by atoms with E-state index in [1.54, 1.807) is 6.08 Å². The van der Waals surface area contributed by atoms with Gasteiger partial charge in [-0.3, -0.25) is 0 Å². The van der Waals surface area contributed by atoms with Gasteiger partial charge in [0.1, 0.15) is 23.0 Å². The lowest BCUT2D eigenvalue weighted by atomic mass is 9.99. The molecule has 0 atom stereocenters. The average molecular weight is 461 g/mol. The van der Waals surface area contributed by atoms with Crippen LogP contribution in [0.5, 0.6) is 23.0 Å². The Morgan fingerprint density at radius 3 is 1.51 bits per heavy atom. The second kappa shape index (κ2) is 12.8. The number of rotatable bonds is 8. The monoisotopic (exact) mass is 460 g/mol. The van der Waals surface area contributed by atoms with Gasteiger partial charge < -0.3 is 9.47 Å². The highest BCUT2D eigenvalue weighted by molar-refractivity contribution is 5.78. The minimum Gasteiger partial charge on any atom is -0.457 e. The largest absolute Gasteiger partial charge is 0.457 e. The van der Waals surface area contributed by atoms with E-state index in [1.807, 2.05) is 130 Å². The number of hydrogen-bond acceptors (Lipinski definition) is 2. The van der Waals surface area contributed by atoms with Crippen LogP contribution in [0.4, 0.5) is 0 Å². The molecule has 2 heteroatoms. The number of allylic oxidation sites excluding steroid dienone is 1. The standard InChI is InChI=1S/C31H26O2.C2H6/c1-4-10-27-12-7-9-14-31(27)33-29-21-17-26(18-22-29)23(3)25-15-19-28(20-16-25)32-30-13-8-6-11-24(30)5-2;1-2/h4-22H,2-3H2,1H3;1-2H3/b10-4+;. The number of ether oxygens (including phenoxy) is 2. The van der Waals surface area contributed by atoms with Crippen molar-refractivity contribution in [1.82, 2.24) is 0 Å². The van der Waals surface area contributed by atoms with Crippen molar-refractivity contribution in [3.8, 4) is 23.0 Å². The Morgan fingerprint density at radius 2 is 1.06 bits per heavy atom. The number of hydrogen-bond donors (Lipinski definition) is 0. The predicted octanol–water partition coefficient (Wildman–Crippen LogP) is 10.0. The van der Waals surface area contributed by atoms with E-state index < -0.39 is 0 Å². The van der Waals surface area contributed by atoms with E-state index in [4.69, 9.17) is 9.47 Å². The van der Waals surface area contributed by atoms with E-state index in [9.17, 15) is 0 Å². The molecule has 0 aliphatic heterocycles. The molecule has 0 saturated heterocycles. The van der Waals surface area contributed by atoms with E-state index in [2.05, 4.69) is 13.2 Å². The van der Waals surface area contributed by atoms with Crippen molar-refractivity contribution >= 4 is 17.7 Å². The van der Waals surface area contributed by atoms with Crippen molar-refractivity contribution in [2.24, 2.45) is 0 Å². The lowest BCUT2D eigenvalue weighted by Gasteiger charge is -2.12. The van der Waals surface area contributed by atoms with E-state index in [0.29, 0.717) is 0 Å². The van der Waals surface area contributed by atoms with Crippen molar-refractivity contribution in [3.63, 3.8) is 0 Å². The lowest BCUT2D eigenvalue weighted by Crippen LogP contribution is -1.90. The van der Waals surface area contributed by atoms with E-state index in [0.717, 1.165) is 50.8 Å². The fourth-order valence-corrected chi connectivity index (χ4v) is 3.50. The lowest BCUT2D eigenvalue weighted by molar-refractivity contribution is 0.481. The fraction of sp³-hybridized carbons (Fsp3) is 0.0909. The maximum Gasteiger partial charge on any atom is 0.134 e. The first kappa shape index (κ1) is 25.3. The van der Waals surface area contributed by atoms with Crippen LogP contribution >= 0.6 is 0 Å². The second-order valence-electron chi connectivity index (χ2n) is 7.51. The Balaban J connectivity index is 0.00000167. The highest BCUT2D eigenvalue weighted by Gasteiger charge is 2.07. The molecule has 4 aromatic carbocycles. The van der Waals surface area contributed by atoms with Crippen LogP contribution in [0, 0.1) is 0 Å². The summed E-state index contributed by atoms with van der Waals surface area (Å²) in [6, 6.07) is 31.8. The molecule has 0 fully saturated rings. The van der Waals surface area contributed by atoms with Gasteiger partial charge >= 0.3 is 0 Å². The zero-order chi connectivity index (χ0) is 25.0. The van der Waals surface area contributed by atoms with Gasteiger partial charge in [-0.1, -0.05) is 106 Å². The third-order valence-corrected chi connectivity index (χ3v) is 5.27.